The van der Waals surface area contributed by atoms with Crippen LogP contribution in [0.3, 0.4) is 0 Å². The molecule has 1 atom stereocenters. The number of aryl methyl sites for hydroxylation is 1. The Morgan fingerprint density at radius 2 is 1.93 bits per heavy atom. The number of benzene rings is 2. The second-order valence-electron chi connectivity index (χ2n) is 7.21. The first-order chi connectivity index (χ1) is 14.0. The summed E-state index contributed by atoms with van der Waals surface area (Å²) in [7, 11) is 0. The number of rotatable bonds is 8. The summed E-state index contributed by atoms with van der Waals surface area (Å²) in [6.45, 7) is 4.21. The Kier molecular flexibility index (Phi) is 5.92. The van der Waals surface area contributed by atoms with Gasteiger partial charge in [0.05, 0.1) is 10.3 Å². The fourth-order valence-corrected chi connectivity index (χ4v) is 4.26. The highest BCUT2D eigenvalue weighted by atomic mass is 35.5. The zero-order valence-electron chi connectivity index (χ0n) is 16.3. The molecular formula is C22H22ClN3O2S. The van der Waals surface area contributed by atoms with Crippen molar-refractivity contribution >= 4 is 29.1 Å². The third-order valence-corrected chi connectivity index (χ3v) is 6.20. The molecule has 1 aromatic heterocycles. The largest absolute Gasteiger partial charge is 0.484 e. The summed E-state index contributed by atoms with van der Waals surface area (Å²) in [5, 5.41) is 9.76. The first-order valence-electron chi connectivity index (χ1n) is 9.61. The molecule has 2 aromatic carbocycles. The van der Waals surface area contributed by atoms with Crippen molar-refractivity contribution < 1.29 is 9.53 Å². The number of Topliss-reactive ketones (excluding diaryl/α,β-unsaturated/α-hetero) is 1. The fourth-order valence-electron chi connectivity index (χ4n) is 3.05. The van der Waals surface area contributed by atoms with E-state index in [4.69, 9.17) is 16.3 Å². The number of nitrogens with zero attached hydrogens (tertiary/aromatic N) is 3. The minimum atomic E-state index is -0.253. The number of carbonyl (C=O) groups is 1. The fraction of sp³-hybridized carbons (Fsp3) is 0.318. The van der Waals surface area contributed by atoms with Gasteiger partial charge in [-0.1, -0.05) is 65.3 Å². The topological polar surface area (TPSA) is 57.0 Å². The average molecular weight is 428 g/mol. The molecule has 0 bridgehead atoms. The van der Waals surface area contributed by atoms with Crippen LogP contribution in [-0.4, -0.2) is 25.8 Å². The lowest BCUT2D eigenvalue weighted by atomic mass is 10.1. The van der Waals surface area contributed by atoms with E-state index in [2.05, 4.69) is 14.8 Å². The zero-order chi connectivity index (χ0) is 20.4. The molecule has 0 saturated heterocycles. The maximum atomic E-state index is 12.8. The molecule has 1 saturated carbocycles. The van der Waals surface area contributed by atoms with E-state index in [-0.39, 0.29) is 17.6 Å². The first kappa shape index (κ1) is 20.0. The molecule has 29 heavy (non-hydrogen) atoms. The number of hydrogen-bond acceptors (Lipinski definition) is 5. The summed E-state index contributed by atoms with van der Waals surface area (Å²) < 4.78 is 7.97. The molecule has 1 aliphatic rings. The zero-order valence-corrected chi connectivity index (χ0v) is 17.9. The summed E-state index contributed by atoms with van der Waals surface area (Å²) in [5.41, 5.74) is 1.86. The highest BCUT2D eigenvalue weighted by Crippen LogP contribution is 2.40. The number of halogens is 1. The summed E-state index contributed by atoms with van der Waals surface area (Å²) in [6.07, 6.45) is 2.18. The van der Waals surface area contributed by atoms with Crippen LogP contribution in [0.1, 0.15) is 47.6 Å². The lowest BCUT2D eigenvalue weighted by Crippen LogP contribution is -2.15. The normalized spacial score (nSPS) is 14.6. The van der Waals surface area contributed by atoms with Gasteiger partial charge >= 0.3 is 0 Å². The van der Waals surface area contributed by atoms with Crippen molar-refractivity contribution in [2.45, 2.75) is 49.7 Å². The number of hydrogen-bond donors (Lipinski definition) is 0. The predicted octanol–water partition coefficient (Wildman–Crippen LogP) is 5.52. The lowest BCUT2D eigenvalue weighted by molar-refractivity contribution is 0.0994. The molecule has 0 amide bonds. The van der Waals surface area contributed by atoms with Gasteiger partial charge in [-0.25, -0.2) is 0 Å². The number of thioether (sulfide) groups is 1. The van der Waals surface area contributed by atoms with Gasteiger partial charge in [0.15, 0.2) is 16.8 Å². The van der Waals surface area contributed by atoms with Crippen molar-refractivity contribution in [1.29, 1.82) is 0 Å². The third kappa shape index (κ3) is 4.65. The summed E-state index contributed by atoms with van der Waals surface area (Å²) >= 11 is 7.62. The molecule has 0 aliphatic heterocycles. The van der Waals surface area contributed by atoms with Gasteiger partial charge in [-0.3, -0.25) is 9.36 Å². The van der Waals surface area contributed by atoms with Crippen molar-refractivity contribution in [2.24, 2.45) is 0 Å². The molecule has 4 rings (SSSR count). The van der Waals surface area contributed by atoms with Crippen molar-refractivity contribution in [2.75, 3.05) is 0 Å². The number of aromatic nitrogens is 3. The Morgan fingerprint density at radius 3 is 2.62 bits per heavy atom. The molecule has 0 spiro atoms. The van der Waals surface area contributed by atoms with Crippen molar-refractivity contribution in [1.82, 2.24) is 14.8 Å². The third-order valence-electron chi connectivity index (χ3n) is 4.83. The minimum absolute atomic E-state index is 0.0919. The quantitative estimate of drug-likeness (QED) is 0.350. The Labute approximate surface area is 179 Å². The van der Waals surface area contributed by atoms with Gasteiger partial charge < -0.3 is 4.74 Å². The SMILES string of the molecule is Cc1ccc(C(=O)[C@H](C)Sc2nnc(COc3ccccc3Cl)n2C2CC2)cc1. The second-order valence-corrected chi connectivity index (χ2v) is 8.92. The molecule has 1 aliphatic carbocycles. The van der Waals surface area contributed by atoms with E-state index in [9.17, 15) is 4.79 Å². The Hall–Kier alpha value is -2.31. The van der Waals surface area contributed by atoms with E-state index in [1.807, 2.05) is 56.3 Å². The van der Waals surface area contributed by atoms with Crippen molar-refractivity contribution in [3.63, 3.8) is 0 Å². The molecule has 1 heterocycles. The average Bonchev–Trinajstić information content (AvgIpc) is 3.48. The van der Waals surface area contributed by atoms with Crippen LogP contribution in [0.5, 0.6) is 5.75 Å². The highest BCUT2D eigenvalue weighted by molar-refractivity contribution is 8.00. The molecular weight excluding hydrogens is 406 g/mol. The molecule has 3 aromatic rings. The molecule has 0 radical (unpaired) electrons. The Morgan fingerprint density at radius 1 is 1.21 bits per heavy atom. The van der Waals surface area contributed by atoms with Gasteiger partial charge in [0.2, 0.25) is 0 Å². The van der Waals surface area contributed by atoms with Gasteiger partial charge in [-0.2, -0.15) is 0 Å². The smallest absolute Gasteiger partial charge is 0.192 e. The van der Waals surface area contributed by atoms with Gasteiger partial charge in [0.25, 0.3) is 0 Å². The van der Waals surface area contributed by atoms with Crippen LogP contribution in [0.2, 0.25) is 5.02 Å². The molecule has 0 unspecified atom stereocenters. The van der Waals surface area contributed by atoms with Crippen LogP contribution in [0, 0.1) is 6.92 Å². The van der Waals surface area contributed by atoms with E-state index in [1.54, 1.807) is 6.07 Å². The monoisotopic (exact) mass is 427 g/mol. The van der Waals surface area contributed by atoms with Crippen molar-refractivity contribution in [3.8, 4) is 5.75 Å². The van der Waals surface area contributed by atoms with Crippen LogP contribution >= 0.6 is 23.4 Å². The number of ketones is 1. The number of ether oxygens (including phenoxy) is 1. The lowest BCUT2D eigenvalue weighted by Gasteiger charge is -2.13. The van der Waals surface area contributed by atoms with Crippen LogP contribution in [0.25, 0.3) is 0 Å². The molecule has 150 valence electrons. The van der Waals surface area contributed by atoms with Crippen LogP contribution in [0.15, 0.2) is 53.7 Å². The van der Waals surface area contributed by atoms with Gasteiger partial charge in [0, 0.05) is 11.6 Å². The number of carbonyl (C=O) groups excluding carboxylic acids is 1. The Balaban J connectivity index is 1.48. The summed E-state index contributed by atoms with van der Waals surface area (Å²) in [5.74, 6) is 1.47. The van der Waals surface area contributed by atoms with E-state index < -0.39 is 0 Å². The van der Waals surface area contributed by atoms with Crippen LogP contribution < -0.4 is 4.74 Å². The summed E-state index contributed by atoms with van der Waals surface area (Å²) in [6, 6.07) is 15.4. The van der Waals surface area contributed by atoms with E-state index in [1.165, 1.54) is 11.8 Å². The Bertz CT molecular complexity index is 1020. The van der Waals surface area contributed by atoms with E-state index in [0.29, 0.717) is 16.8 Å². The molecule has 5 nitrogen and oxygen atoms in total. The maximum absolute atomic E-state index is 12.8. The maximum Gasteiger partial charge on any atom is 0.192 e. The number of para-hydroxylation sites is 1. The minimum Gasteiger partial charge on any atom is -0.484 e. The second kappa shape index (κ2) is 8.59. The summed E-state index contributed by atoms with van der Waals surface area (Å²) in [4.78, 5) is 12.8. The van der Waals surface area contributed by atoms with Gasteiger partial charge in [-0.15, -0.1) is 10.2 Å². The van der Waals surface area contributed by atoms with Crippen LogP contribution in [0.4, 0.5) is 0 Å². The molecule has 7 heteroatoms. The van der Waals surface area contributed by atoms with Gasteiger partial charge in [0.1, 0.15) is 12.4 Å². The first-order valence-corrected chi connectivity index (χ1v) is 10.9. The standard InChI is InChI=1S/C22H22ClN3O2S/c1-14-7-9-16(10-8-14)21(27)15(2)29-22-25-24-20(26(22)17-11-12-17)13-28-19-6-4-3-5-18(19)23/h3-10,15,17H,11-13H2,1-2H3/t15-/m0/s1. The molecule has 1 fully saturated rings. The van der Waals surface area contributed by atoms with E-state index in [0.717, 1.165) is 34.9 Å². The highest BCUT2D eigenvalue weighted by Gasteiger charge is 2.31. The van der Waals surface area contributed by atoms with E-state index >= 15 is 0 Å². The van der Waals surface area contributed by atoms with Crippen LogP contribution in [-0.2, 0) is 6.61 Å². The van der Waals surface area contributed by atoms with Gasteiger partial charge in [-0.05, 0) is 38.8 Å². The molecule has 0 N–H and O–H groups in total. The van der Waals surface area contributed by atoms with Crippen molar-refractivity contribution in [3.05, 3.63) is 70.5 Å². The predicted molar refractivity (Wildman–Crippen MR) is 115 cm³/mol.